The Morgan fingerprint density at radius 3 is 2.29 bits per heavy atom. The Morgan fingerprint density at radius 2 is 1.64 bits per heavy atom. The van der Waals surface area contributed by atoms with Crippen LogP contribution in [0.2, 0.25) is 0 Å². The highest BCUT2D eigenvalue weighted by Gasteiger charge is 2.00. The van der Waals surface area contributed by atoms with Crippen molar-refractivity contribution in [2.24, 2.45) is 0 Å². The monoisotopic (exact) mass is 188 g/mol. The lowest BCUT2D eigenvalue weighted by molar-refractivity contribution is 1.15. The summed E-state index contributed by atoms with van der Waals surface area (Å²) in [6.45, 7) is 0. The molecule has 0 aliphatic rings. The van der Waals surface area contributed by atoms with Gasteiger partial charge >= 0.3 is 0 Å². The number of nitrogens with zero attached hydrogens (tertiary/aromatic N) is 4. The topological polar surface area (TPSA) is 104 Å². The molecular formula is C8H8N6. The minimum atomic E-state index is 0.232. The minimum Gasteiger partial charge on any atom is -0.384 e. The van der Waals surface area contributed by atoms with Crippen LogP contribution in [0, 0.1) is 0 Å². The van der Waals surface area contributed by atoms with Gasteiger partial charge in [0.25, 0.3) is 0 Å². The maximum absolute atomic E-state index is 5.51. The average molecular weight is 188 g/mol. The first-order valence-electron chi connectivity index (χ1n) is 3.91. The predicted molar refractivity (Wildman–Crippen MR) is 51.9 cm³/mol. The molecular weight excluding hydrogens is 180 g/mol. The van der Waals surface area contributed by atoms with Gasteiger partial charge in [-0.3, -0.25) is 0 Å². The molecule has 0 fully saturated rings. The highest BCUT2D eigenvalue weighted by molar-refractivity contribution is 5.59. The molecule has 14 heavy (non-hydrogen) atoms. The molecule has 0 saturated heterocycles. The number of rotatable bonds is 1. The van der Waals surface area contributed by atoms with Crippen LogP contribution in [0.15, 0.2) is 24.8 Å². The second-order valence-corrected chi connectivity index (χ2v) is 2.66. The van der Waals surface area contributed by atoms with Crippen molar-refractivity contribution >= 4 is 11.8 Å². The molecule has 0 saturated carbocycles. The van der Waals surface area contributed by atoms with Crippen LogP contribution in [0.3, 0.4) is 0 Å². The maximum Gasteiger partial charge on any atom is 0.219 e. The zero-order valence-corrected chi connectivity index (χ0v) is 7.25. The summed E-state index contributed by atoms with van der Waals surface area (Å²) in [5.41, 5.74) is 12.3. The van der Waals surface area contributed by atoms with Gasteiger partial charge in [0.05, 0.1) is 5.69 Å². The number of aromatic nitrogens is 4. The molecule has 0 aliphatic carbocycles. The quantitative estimate of drug-likeness (QED) is 0.657. The third-order valence-electron chi connectivity index (χ3n) is 1.66. The molecule has 2 rings (SSSR count). The zero-order chi connectivity index (χ0) is 9.97. The van der Waals surface area contributed by atoms with Crippen molar-refractivity contribution in [2.45, 2.75) is 0 Å². The Bertz CT molecular complexity index is 438. The molecule has 0 unspecified atom stereocenters. The molecule has 0 atom stereocenters. The van der Waals surface area contributed by atoms with Crippen LogP contribution in [0.1, 0.15) is 0 Å². The molecule has 0 amide bonds. The summed E-state index contributed by atoms with van der Waals surface area (Å²) < 4.78 is 0. The van der Waals surface area contributed by atoms with Crippen LogP contribution in [0.25, 0.3) is 11.3 Å². The summed E-state index contributed by atoms with van der Waals surface area (Å²) in [7, 11) is 0. The molecule has 0 bridgehead atoms. The van der Waals surface area contributed by atoms with Gasteiger partial charge in [-0.15, -0.1) is 0 Å². The summed E-state index contributed by atoms with van der Waals surface area (Å²) in [4.78, 5) is 15.5. The Morgan fingerprint density at radius 1 is 0.929 bits per heavy atom. The predicted octanol–water partition coefficient (Wildman–Crippen LogP) is 0.0980. The normalized spacial score (nSPS) is 10.0. The Balaban J connectivity index is 2.44. The van der Waals surface area contributed by atoms with E-state index in [0.717, 1.165) is 5.56 Å². The number of nitrogen functional groups attached to an aromatic ring is 2. The fourth-order valence-corrected chi connectivity index (χ4v) is 1.00. The molecule has 0 spiro atoms. The average Bonchev–Trinajstić information content (AvgIpc) is 2.19. The lowest BCUT2D eigenvalue weighted by Gasteiger charge is -1.99. The number of anilines is 2. The number of hydrogen-bond acceptors (Lipinski definition) is 6. The van der Waals surface area contributed by atoms with Gasteiger partial charge in [-0.25, -0.2) is 19.9 Å². The van der Waals surface area contributed by atoms with E-state index in [1.54, 1.807) is 18.5 Å². The first-order chi connectivity index (χ1) is 6.75. The van der Waals surface area contributed by atoms with E-state index in [1.807, 2.05) is 0 Å². The molecule has 6 nitrogen and oxygen atoms in total. The molecule has 0 aromatic carbocycles. The second kappa shape index (κ2) is 3.25. The number of hydrogen-bond donors (Lipinski definition) is 2. The van der Waals surface area contributed by atoms with Gasteiger partial charge in [-0.2, -0.15) is 0 Å². The lowest BCUT2D eigenvalue weighted by atomic mass is 10.2. The zero-order valence-electron chi connectivity index (χ0n) is 7.25. The Labute approximate surface area is 80.0 Å². The van der Waals surface area contributed by atoms with E-state index >= 15 is 0 Å². The van der Waals surface area contributed by atoms with Crippen LogP contribution in [-0.4, -0.2) is 19.9 Å². The van der Waals surface area contributed by atoms with Crippen molar-refractivity contribution in [2.75, 3.05) is 11.5 Å². The van der Waals surface area contributed by atoms with Crippen molar-refractivity contribution in [3.05, 3.63) is 24.8 Å². The Kier molecular flexibility index (Phi) is 1.94. The van der Waals surface area contributed by atoms with Gasteiger partial charge < -0.3 is 11.5 Å². The first kappa shape index (κ1) is 8.36. The molecule has 4 N–H and O–H groups in total. The largest absolute Gasteiger partial charge is 0.384 e. The van der Waals surface area contributed by atoms with Crippen LogP contribution in [0.5, 0.6) is 0 Å². The van der Waals surface area contributed by atoms with E-state index in [-0.39, 0.29) is 5.95 Å². The summed E-state index contributed by atoms with van der Waals surface area (Å²) in [5, 5.41) is 0. The fourth-order valence-electron chi connectivity index (χ4n) is 1.00. The molecule has 70 valence electrons. The van der Waals surface area contributed by atoms with Gasteiger partial charge in [0.2, 0.25) is 5.95 Å². The van der Waals surface area contributed by atoms with Crippen LogP contribution < -0.4 is 11.5 Å². The van der Waals surface area contributed by atoms with Crippen molar-refractivity contribution < 1.29 is 0 Å². The van der Waals surface area contributed by atoms with Crippen molar-refractivity contribution in [3.63, 3.8) is 0 Å². The summed E-state index contributed by atoms with van der Waals surface area (Å²) >= 11 is 0. The summed E-state index contributed by atoms with van der Waals surface area (Å²) in [6, 6.07) is 1.65. The van der Waals surface area contributed by atoms with E-state index in [9.17, 15) is 0 Å². The third-order valence-corrected chi connectivity index (χ3v) is 1.66. The molecule has 6 heteroatoms. The fraction of sp³-hybridized carbons (Fsp3) is 0. The van der Waals surface area contributed by atoms with Crippen molar-refractivity contribution in [1.29, 1.82) is 0 Å². The highest BCUT2D eigenvalue weighted by atomic mass is 15.0. The van der Waals surface area contributed by atoms with Crippen LogP contribution in [-0.2, 0) is 0 Å². The smallest absolute Gasteiger partial charge is 0.219 e. The summed E-state index contributed by atoms with van der Waals surface area (Å²) in [5.74, 6) is 0.641. The van der Waals surface area contributed by atoms with E-state index in [0.29, 0.717) is 11.5 Å². The maximum atomic E-state index is 5.51. The Hall–Kier alpha value is -2.24. The molecule has 0 aliphatic heterocycles. The number of nitrogens with two attached hydrogens (primary N) is 2. The van der Waals surface area contributed by atoms with Gasteiger partial charge in [0, 0.05) is 24.0 Å². The van der Waals surface area contributed by atoms with Gasteiger partial charge in [-0.05, 0) is 0 Å². The minimum absolute atomic E-state index is 0.232. The van der Waals surface area contributed by atoms with Crippen LogP contribution >= 0.6 is 0 Å². The SMILES string of the molecule is Nc1cc(-c2cnc(N)nc2)ncn1. The van der Waals surface area contributed by atoms with Gasteiger partial charge in [-0.1, -0.05) is 0 Å². The molecule has 2 aromatic rings. The lowest BCUT2D eigenvalue weighted by Crippen LogP contribution is -1.96. The third kappa shape index (κ3) is 1.58. The molecule has 0 radical (unpaired) electrons. The van der Waals surface area contributed by atoms with E-state index in [2.05, 4.69) is 19.9 Å². The molecule has 2 aromatic heterocycles. The van der Waals surface area contributed by atoms with E-state index < -0.39 is 0 Å². The first-order valence-corrected chi connectivity index (χ1v) is 3.91. The van der Waals surface area contributed by atoms with Crippen molar-refractivity contribution in [3.8, 4) is 11.3 Å². The highest BCUT2D eigenvalue weighted by Crippen LogP contribution is 2.15. The molecule has 2 heterocycles. The van der Waals surface area contributed by atoms with Crippen molar-refractivity contribution in [1.82, 2.24) is 19.9 Å². The van der Waals surface area contributed by atoms with Crippen LogP contribution in [0.4, 0.5) is 11.8 Å². The standard InChI is InChI=1S/C8H8N6/c9-7-1-6(13-4-14-7)5-2-11-8(10)12-3-5/h1-4H,(H2,9,13,14)(H2,10,11,12). The van der Waals surface area contributed by atoms with Gasteiger partial charge in [0.1, 0.15) is 12.1 Å². The van der Waals surface area contributed by atoms with Gasteiger partial charge in [0.15, 0.2) is 0 Å². The summed E-state index contributed by atoms with van der Waals surface area (Å²) in [6.07, 6.45) is 4.56. The van der Waals surface area contributed by atoms with E-state index in [1.165, 1.54) is 6.33 Å². The van der Waals surface area contributed by atoms with E-state index in [4.69, 9.17) is 11.5 Å². The second-order valence-electron chi connectivity index (χ2n) is 2.66.